The van der Waals surface area contributed by atoms with Crippen molar-refractivity contribution >= 4 is 5.91 Å². The summed E-state index contributed by atoms with van der Waals surface area (Å²) in [6.07, 6.45) is 3.19. The number of benzene rings is 1. The lowest BCUT2D eigenvalue weighted by Crippen LogP contribution is -2.33. The molecule has 2 aromatic heterocycles. The van der Waals surface area contributed by atoms with Gasteiger partial charge in [-0.3, -0.25) is 15.0 Å². The molecule has 1 aliphatic heterocycles. The van der Waals surface area contributed by atoms with E-state index in [1.54, 1.807) is 12.3 Å². The number of rotatable bonds is 2. The molecule has 0 saturated carbocycles. The molecule has 0 fully saturated rings. The Morgan fingerprint density at radius 3 is 2.65 bits per heavy atom. The SMILES string of the molecule is O=C(c1ccn[nH]1)N1CCc2[nH]nc(-c3ccccc3)c2CC1. The van der Waals surface area contributed by atoms with Crippen LogP contribution in [-0.4, -0.2) is 44.3 Å². The Kier molecular flexibility index (Phi) is 3.42. The van der Waals surface area contributed by atoms with Crippen LogP contribution in [0.25, 0.3) is 11.3 Å². The number of carbonyl (C=O) groups is 1. The third kappa shape index (κ3) is 2.52. The third-order valence-electron chi connectivity index (χ3n) is 4.28. The van der Waals surface area contributed by atoms with Crippen LogP contribution in [0, 0.1) is 0 Å². The van der Waals surface area contributed by atoms with Crippen LogP contribution in [0.4, 0.5) is 0 Å². The number of nitrogens with zero attached hydrogens (tertiary/aromatic N) is 3. The Bertz CT molecular complexity index is 807. The second-order valence-corrected chi connectivity index (χ2v) is 5.66. The first-order valence-corrected chi connectivity index (χ1v) is 7.73. The average molecular weight is 307 g/mol. The van der Waals surface area contributed by atoms with Crippen molar-refractivity contribution in [3.05, 3.63) is 59.5 Å². The highest BCUT2D eigenvalue weighted by Gasteiger charge is 2.24. The maximum absolute atomic E-state index is 12.5. The second kappa shape index (κ2) is 5.72. The van der Waals surface area contributed by atoms with E-state index < -0.39 is 0 Å². The average Bonchev–Trinajstić information content (AvgIpc) is 3.21. The first kappa shape index (κ1) is 13.8. The fourth-order valence-corrected chi connectivity index (χ4v) is 3.07. The van der Waals surface area contributed by atoms with Gasteiger partial charge >= 0.3 is 0 Å². The molecule has 23 heavy (non-hydrogen) atoms. The lowest BCUT2D eigenvalue weighted by molar-refractivity contribution is 0.0757. The number of hydrogen-bond acceptors (Lipinski definition) is 3. The number of fused-ring (bicyclic) bond motifs is 1. The van der Waals surface area contributed by atoms with Gasteiger partial charge in [-0.15, -0.1) is 0 Å². The number of nitrogens with one attached hydrogen (secondary N) is 2. The van der Waals surface area contributed by atoms with E-state index in [-0.39, 0.29) is 5.91 Å². The predicted molar refractivity (Wildman–Crippen MR) is 85.9 cm³/mol. The summed E-state index contributed by atoms with van der Waals surface area (Å²) < 4.78 is 0. The Morgan fingerprint density at radius 1 is 1.04 bits per heavy atom. The molecule has 3 heterocycles. The molecule has 0 spiro atoms. The lowest BCUT2D eigenvalue weighted by Gasteiger charge is -2.19. The molecule has 0 saturated heterocycles. The van der Waals surface area contributed by atoms with Gasteiger partial charge in [0.1, 0.15) is 5.69 Å². The van der Waals surface area contributed by atoms with E-state index in [1.807, 2.05) is 23.1 Å². The van der Waals surface area contributed by atoms with Crippen LogP contribution in [0.5, 0.6) is 0 Å². The minimum Gasteiger partial charge on any atom is -0.337 e. The molecule has 6 nitrogen and oxygen atoms in total. The van der Waals surface area contributed by atoms with Crippen molar-refractivity contribution in [1.82, 2.24) is 25.3 Å². The molecule has 4 rings (SSSR count). The van der Waals surface area contributed by atoms with Crippen molar-refractivity contribution in [3.63, 3.8) is 0 Å². The van der Waals surface area contributed by atoms with Crippen LogP contribution in [0.2, 0.25) is 0 Å². The number of aromatic amines is 2. The topological polar surface area (TPSA) is 77.7 Å². The quantitative estimate of drug-likeness (QED) is 0.760. The molecule has 0 radical (unpaired) electrons. The molecule has 1 aromatic carbocycles. The molecule has 0 aliphatic carbocycles. The van der Waals surface area contributed by atoms with Crippen molar-refractivity contribution in [2.45, 2.75) is 12.8 Å². The van der Waals surface area contributed by atoms with Gasteiger partial charge in [0, 0.05) is 42.5 Å². The highest BCUT2D eigenvalue weighted by molar-refractivity contribution is 5.92. The van der Waals surface area contributed by atoms with Crippen LogP contribution in [-0.2, 0) is 12.8 Å². The fraction of sp³-hybridized carbons (Fsp3) is 0.235. The Labute approximate surface area is 133 Å². The molecule has 2 N–H and O–H groups in total. The molecule has 0 unspecified atom stereocenters. The van der Waals surface area contributed by atoms with E-state index in [0.29, 0.717) is 18.8 Å². The second-order valence-electron chi connectivity index (χ2n) is 5.66. The number of amides is 1. The summed E-state index contributed by atoms with van der Waals surface area (Å²) in [5.41, 5.74) is 4.99. The molecule has 6 heteroatoms. The van der Waals surface area contributed by atoms with E-state index in [2.05, 4.69) is 32.5 Å². The number of hydrogen-bond donors (Lipinski definition) is 2. The monoisotopic (exact) mass is 307 g/mol. The van der Waals surface area contributed by atoms with Crippen molar-refractivity contribution in [1.29, 1.82) is 0 Å². The fourth-order valence-electron chi connectivity index (χ4n) is 3.07. The molecule has 1 amide bonds. The maximum Gasteiger partial charge on any atom is 0.271 e. The largest absolute Gasteiger partial charge is 0.337 e. The van der Waals surface area contributed by atoms with Crippen molar-refractivity contribution in [2.24, 2.45) is 0 Å². The standard InChI is InChI=1S/C17H17N5O/c23-17(15-6-9-18-19-15)22-10-7-13-14(8-11-22)20-21-16(13)12-4-2-1-3-5-12/h1-6,9H,7-8,10-11H2,(H,18,19)(H,20,21). The summed E-state index contributed by atoms with van der Waals surface area (Å²) in [6, 6.07) is 11.9. The van der Waals surface area contributed by atoms with Crippen LogP contribution in [0.3, 0.4) is 0 Å². The smallest absolute Gasteiger partial charge is 0.271 e. The zero-order valence-corrected chi connectivity index (χ0v) is 12.6. The molecule has 0 bridgehead atoms. The zero-order valence-electron chi connectivity index (χ0n) is 12.6. The molecule has 0 atom stereocenters. The van der Waals surface area contributed by atoms with Gasteiger partial charge in [-0.1, -0.05) is 30.3 Å². The Hall–Kier alpha value is -2.89. The summed E-state index contributed by atoms with van der Waals surface area (Å²) in [5.74, 6) is 0.00173. The summed E-state index contributed by atoms with van der Waals surface area (Å²) in [5, 5.41) is 14.2. The van der Waals surface area contributed by atoms with Gasteiger partial charge in [0.15, 0.2) is 0 Å². The minimum atomic E-state index is 0.00173. The molecule has 116 valence electrons. The Balaban J connectivity index is 1.58. The first-order valence-electron chi connectivity index (χ1n) is 7.73. The molecule has 1 aliphatic rings. The van der Waals surface area contributed by atoms with Gasteiger partial charge in [-0.05, 0) is 12.5 Å². The van der Waals surface area contributed by atoms with Crippen molar-refractivity contribution in [3.8, 4) is 11.3 Å². The van der Waals surface area contributed by atoms with E-state index in [1.165, 1.54) is 5.56 Å². The highest BCUT2D eigenvalue weighted by atomic mass is 16.2. The summed E-state index contributed by atoms with van der Waals surface area (Å²) in [7, 11) is 0. The normalized spacial score (nSPS) is 14.3. The number of aromatic nitrogens is 4. The number of carbonyl (C=O) groups excluding carboxylic acids is 1. The van der Waals surface area contributed by atoms with Gasteiger partial charge in [-0.2, -0.15) is 10.2 Å². The minimum absolute atomic E-state index is 0.00173. The van der Waals surface area contributed by atoms with Crippen LogP contribution in [0.1, 0.15) is 21.7 Å². The highest BCUT2D eigenvalue weighted by Crippen LogP contribution is 2.26. The van der Waals surface area contributed by atoms with Gasteiger partial charge < -0.3 is 4.90 Å². The first-order chi connectivity index (χ1) is 11.3. The van der Waals surface area contributed by atoms with Gasteiger partial charge in [0.2, 0.25) is 0 Å². The van der Waals surface area contributed by atoms with E-state index in [4.69, 9.17) is 0 Å². The van der Waals surface area contributed by atoms with Gasteiger partial charge in [0.25, 0.3) is 5.91 Å². The van der Waals surface area contributed by atoms with Crippen LogP contribution >= 0.6 is 0 Å². The number of H-pyrrole nitrogens is 2. The van der Waals surface area contributed by atoms with Gasteiger partial charge in [0.05, 0.1) is 5.69 Å². The molecule has 3 aromatic rings. The Morgan fingerprint density at radius 2 is 1.87 bits per heavy atom. The maximum atomic E-state index is 12.5. The van der Waals surface area contributed by atoms with Crippen LogP contribution < -0.4 is 0 Å². The summed E-state index contributed by atoms with van der Waals surface area (Å²) in [4.78, 5) is 14.3. The van der Waals surface area contributed by atoms with E-state index >= 15 is 0 Å². The molecular weight excluding hydrogens is 290 g/mol. The van der Waals surface area contributed by atoms with E-state index in [9.17, 15) is 4.79 Å². The summed E-state index contributed by atoms with van der Waals surface area (Å²) in [6.45, 7) is 1.37. The third-order valence-corrected chi connectivity index (χ3v) is 4.28. The van der Waals surface area contributed by atoms with Gasteiger partial charge in [-0.25, -0.2) is 0 Å². The lowest BCUT2D eigenvalue weighted by atomic mass is 10.0. The molecular formula is C17H17N5O. The zero-order chi connectivity index (χ0) is 15.6. The van der Waals surface area contributed by atoms with Crippen molar-refractivity contribution in [2.75, 3.05) is 13.1 Å². The van der Waals surface area contributed by atoms with E-state index in [0.717, 1.165) is 29.8 Å². The van der Waals surface area contributed by atoms with Crippen LogP contribution in [0.15, 0.2) is 42.6 Å². The summed E-state index contributed by atoms with van der Waals surface area (Å²) >= 11 is 0. The predicted octanol–water partition coefficient (Wildman–Crippen LogP) is 2.04. The van der Waals surface area contributed by atoms with Crippen molar-refractivity contribution < 1.29 is 4.79 Å².